The van der Waals surface area contributed by atoms with Gasteiger partial charge in [0.2, 0.25) is 5.91 Å². The zero-order valence-electron chi connectivity index (χ0n) is 17.0. The van der Waals surface area contributed by atoms with Crippen molar-refractivity contribution in [1.82, 2.24) is 9.55 Å². The Morgan fingerprint density at radius 2 is 2.10 bits per heavy atom. The van der Waals surface area contributed by atoms with Crippen LogP contribution in [0.1, 0.15) is 30.5 Å². The number of benzene rings is 1. The number of carbonyl (C=O) groups is 1. The van der Waals surface area contributed by atoms with Gasteiger partial charge in [0.1, 0.15) is 10.8 Å². The lowest BCUT2D eigenvalue weighted by molar-refractivity contribution is -0.858. The first-order chi connectivity index (χ1) is 13.9. The normalized spacial score (nSPS) is 13.4. The van der Waals surface area contributed by atoms with Crippen molar-refractivity contribution in [3.05, 3.63) is 51.8 Å². The van der Waals surface area contributed by atoms with Crippen molar-refractivity contribution in [1.29, 1.82) is 0 Å². The maximum absolute atomic E-state index is 13.3. The number of amides is 1. The molecule has 8 heteroatoms. The first-order valence-electron chi connectivity index (χ1n) is 10.0. The molecule has 0 spiro atoms. The van der Waals surface area contributed by atoms with Crippen LogP contribution < -0.4 is 15.9 Å². The van der Waals surface area contributed by atoms with Gasteiger partial charge in [-0.2, -0.15) is 4.98 Å². The Bertz CT molecular complexity index is 929. The highest BCUT2D eigenvalue weighted by molar-refractivity contribution is 8.00. The minimum atomic E-state index is -0.398. The highest BCUT2D eigenvalue weighted by Gasteiger charge is 2.21. The van der Waals surface area contributed by atoms with Crippen LogP contribution in [0.15, 0.2) is 34.1 Å². The van der Waals surface area contributed by atoms with E-state index in [9.17, 15) is 14.0 Å². The lowest BCUT2D eigenvalue weighted by Crippen LogP contribution is -3.05. The van der Waals surface area contributed by atoms with Gasteiger partial charge in [0.15, 0.2) is 0 Å². The molecule has 1 amide bonds. The third-order valence-electron chi connectivity index (χ3n) is 4.96. The van der Waals surface area contributed by atoms with Gasteiger partial charge in [-0.05, 0) is 43.9 Å². The van der Waals surface area contributed by atoms with E-state index in [0.717, 1.165) is 49.9 Å². The van der Waals surface area contributed by atoms with Crippen LogP contribution in [0.5, 0.6) is 0 Å². The molecular weight excluding hydrogens is 391 g/mol. The molecule has 0 fully saturated rings. The summed E-state index contributed by atoms with van der Waals surface area (Å²) in [6.07, 6.45) is 4.83. The minimum Gasteiger partial charge on any atom is -0.340 e. The molecule has 0 atom stereocenters. The van der Waals surface area contributed by atoms with Crippen molar-refractivity contribution in [2.75, 3.05) is 31.7 Å². The number of thioether (sulfide) groups is 1. The number of carbonyl (C=O) groups excluding carboxylic acids is 1. The fourth-order valence-corrected chi connectivity index (χ4v) is 4.46. The molecule has 3 rings (SSSR count). The standard InChI is InChI=1S/C21H27FN4O2S/c1-25(2)11-6-12-26-18-10-4-3-9-17(18)20(24-21(26)28)29-14-19(27)23-16-8-5-7-15(22)13-16/h5,7-8,13H,3-4,6,9-12,14H2,1-2H3,(H,23,27)/p+1. The van der Waals surface area contributed by atoms with Crippen molar-refractivity contribution in [3.63, 3.8) is 0 Å². The predicted molar refractivity (Wildman–Crippen MR) is 113 cm³/mol. The lowest BCUT2D eigenvalue weighted by Gasteiger charge is -2.22. The fraction of sp³-hybridized carbons (Fsp3) is 0.476. The second kappa shape index (κ2) is 10.0. The lowest BCUT2D eigenvalue weighted by atomic mass is 9.97. The number of halogens is 1. The molecule has 29 heavy (non-hydrogen) atoms. The third-order valence-corrected chi connectivity index (χ3v) is 5.98. The SMILES string of the molecule is C[NH+](C)CCCn1c2c(c(SCC(=O)Nc3cccc(F)c3)nc1=O)CCCC2. The number of quaternary nitrogens is 1. The summed E-state index contributed by atoms with van der Waals surface area (Å²) in [4.78, 5) is 30.6. The van der Waals surface area contributed by atoms with Crippen LogP contribution in [0, 0.1) is 5.82 Å². The number of hydrogen-bond donors (Lipinski definition) is 2. The summed E-state index contributed by atoms with van der Waals surface area (Å²) in [6, 6.07) is 5.80. The number of hydrogen-bond acceptors (Lipinski definition) is 4. The molecule has 2 aromatic rings. The van der Waals surface area contributed by atoms with Crippen LogP contribution in [-0.4, -0.2) is 41.9 Å². The number of anilines is 1. The third kappa shape index (κ3) is 5.90. The summed E-state index contributed by atoms with van der Waals surface area (Å²) in [5.74, 6) is -0.514. The highest BCUT2D eigenvalue weighted by atomic mass is 32.2. The molecular formula is C21H28FN4O2S+. The number of rotatable bonds is 8. The molecule has 2 N–H and O–H groups in total. The predicted octanol–water partition coefficient (Wildman–Crippen LogP) is 1.53. The number of nitrogens with one attached hydrogen (secondary N) is 2. The van der Waals surface area contributed by atoms with Gasteiger partial charge < -0.3 is 10.2 Å². The quantitative estimate of drug-likeness (QED) is 0.503. The summed E-state index contributed by atoms with van der Waals surface area (Å²) in [5, 5.41) is 3.35. The van der Waals surface area contributed by atoms with Crippen molar-refractivity contribution >= 4 is 23.4 Å². The number of aromatic nitrogens is 2. The van der Waals surface area contributed by atoms with E-state index in [1.807, 2.05) is 4.57 Å². The van der Waals surface area contributed by atoms with Crippen LogP contribution in [0.2, 0.25) is 0 Å². The zero-order valence-corrected chi connectivity index (χ0v) is 17.8. The van der Waals surface area contributed by atoms with E-state index in [-0.39, 0.29) is 17.3 Å². The second-order valence-electron chi connectivity index (χ2n) is 7.64. The molecule has 156 valence electrons. The first kappa shape index (κ1) is 21.5. The Morgan fingerprint density at radius 3 is 2.86 bits per heavy atom. The van der Waals surface area contributed by atoms with Gasteiger partial charge in [0, 0.05) is 29.9 Å². The summed E-state index contributed by atoms with van der Waals surface area (Å²) in [6.45, 7) is 1.68. The Balaban J connectivity index is 1.71. The van der Waals surface area contributed by atoms with E-state index in [2.05, 4.69) is 24.4 Å². The Labute approximate surface area is 174 Å². The molecule has 0 bridgehead atoms. The van der Waals surface area contributed by atoms with E-state index in [4.69, 9.17) is 0 Å². The van der Waals surface area contributed by atoms with Crippen molar-refractivity contribution in [3.8, 4) is 0 Å². The van der Waals surface area contributed by atoms with Crippen molar-refractivity contribution in [2.24, 2.45) is 0 Å². The van der Waals surface area contributed by atoms with E-state index in [1.165, 1.54) is 28.8 Å². The highest BCUT2D eigenvalue weighted by Crippen LogP contribution is 2.28. The number of nitrogens with zero attached hydrogens (tertiary/aromatic N) is 2. The van der Waals surface area contributed by atoms with E-state index in [0.29, 0.717) is 17.3 Å². The van der Waals surface area contributed by atoms with Gasteiger partial charge in [-0.15, -0.1) is 0 Å². The molecule has 1 aromatic heterocycles. The monoisotopic (exact) mass is 419 g/mol. The van der Waals surface area contributed by atoms with Crippen LogP contribution >= 0.6 is 11.8 Å². The topological polar surface area (TPSA) is 68.4 Å². The van der Waals surface area contributed by atoms with Gasteiger partial charge in [-0.3, -0.25) is 9.36 Å². The van der Waals surface area contributed by atoms with E-state index < -0.39 is 5.82 Å². The average molecular weight is 420 g/mol. The molecule has 1 aliphatic carbocycles. The zero-order chi connectivity index (χ0) is 20.8. The number of fused-ring (bicyclic) bond motifs is 1. The summed E-state index contributed by atoms with van der Waals surface area (Å²) >= 11 is 1.28. The van der Waals surface area contributed by atoms with Crippen LogP contribution in [0.25, 0.3) is 0 Å². The molecule has 0 saturated carbocycles. The van der Waals surface area contributed by atoms with Gasteiger partial charge in [0.05, 0.1) is 26.4 Å². The molecule has 6 nitrogen and oxygen atoms in total. The molecule has 1 heterocycles. The maximum atomic E-state index is 13.3. The van der Waals surface area contributed by atoms with Crippen LogP contribution in [-0.2, 0) is 24.2 Å². The summed E-state index contributed by atoms with van der Waals surface area (Å²) in [5.41, 5.74) is 2.38. The average Bonchev–Trinajstić information content (AvgIpc) is 2.68. The first-order valence-corrected chi connectivity index (χ1v) is 11.0. The molecule has 1 aromatic carbocycles. The smallest absolute Gasteiger partial charge is 0.340 e. The van der Waals surface area contributed by atoms with Crippen molar-refractivity contribution in [2.45, 2.75) is 43.7 Å². The second-order valence-corrected chi connectivity index (χ2v) is 8.61. The minimum absolute atomic E-state index is 0.128. The maximum Gasteiger partial charge on any atom is 0.348 e. The molecule has 1 aliphatic rings. The van der Waals surface area contributed by atoms with Crippen LogP contribution in [0.4, 0.5) is 10.1 Å². The largest absolute Gasteiger partial charge is 0.348 e. The van der Waals surface area contributed by atoms with Gasteiger partial charge >= 0.3 is 5.69 Å². The van der Waals surface area contributed by atoms with Crippen LogP contribution in [0.3, 0.4) is 0 Å². The molecule has 0 saturated heterocycles. The molecule has 0 unspecified atom stereocenters. The molecule has 0 radical (unpaired) electrons. The fourth-order valence-electron chi connectivity index (χ4n) is 3.59. The summed E-state index contributed by atoms with van der Waals surface area (Å²) < 4.78 is 15.1. The Morgan fingerprint density at radius 1 is 1.31 bits per heavy atom. The Kier molecular flexibility index (Phi) is 7.44. The van der Waals surface area contributed by atoms with E-state index in [1.54, 1.807) is 12.1 Å². The van der Waals surface area contributed by atoms with Gasteiger partial charge in [0.25, 0.3) is 0 Å². The van der Waals surface area contributed by atoms with Gasteiger partial charge in [-0.1, -0.05) is 17.8 Å². The molecule has 0 aliphatic heterocycles. The van der Waals surface area contributed by atoms with E-state index >= 15 is 0 Å². The van der Waals surface area contributed by atoms with Gasteiger partial charge in [-0.25, -0.2) is 9.18 Å². The summed E-state index contributed by atoms with van der Waals surface area (Å²) in [7, 11) is 4.20. The van der Waals surface area contributed by atoms with Crippen molar-refractivity contribution < 1.29 is 14.1 Å². The Hall–Kier alpha value is -2.19.